The van der Waals surface area contributed by atoms with E-state index >= 15 is 0 Å². The molecule has 1 aromatic heterocycles. The van der Waals surface area contributed by atoms with Gasteiger partial charge in [0.15, 0.2) is 0 Å². The standard InChI is InChI=1S/C26H31N5O3S/c1-3-4-22-18(2)15-23(28-22)35-31-14-13-30(24(32)17-31)16-19-5-7-20(8-6-19)25(27)29-11-9-21(10-12-29)26(33)34/h1,5-8,15,21,27-28H,4,9-14,16-17H2,2H3,(H,33,34). The number of hydrogen-bond acceptors (Lipinski definition) is 5. The van der Waals surface area contributed by atoms with E-state index in [0.717, 1.165) is 34.0 Å². The fourth-order valence-corrected chi connectivity index (χ4v) is 5.52. The average molecular weight is 494 g/mol. The number of hydrogen-bond donors (Lipinski definition) is 3. The van der Waals surface area contributed by atoms with E-state index in [0.29, 0.717) is 57.8 Å². The van der Waals surface area contributed by atoms with Crippen molar-refractivity contribution in [3.63, 3.8) is 0 Å². The van der Waals surface area contributed by atoms with Gasteiger partial charge in [0.1, 0.15) is 5.84 Å². The highest BCUT2D eigenvalue weighted by Gasteiger charge is 2.27. The number of carboxylic acid groups (broad SMARTS) is 1. The summed E-state index contributed by atoms with van der Waals surface area (Å²) in [5.41, 5.74) is 4.01. The van der Waals surface area contributed by atoms with Crippen LogP contribution in [-0.2, 0) is 22.6 Å². The SMILES string of the molecule is C#CCc1[nH]c(SN2CCN(Cc3ccc(C(=N)N4CCC(C(=O)O)CC4)cc3)C(=O)C2)cc1C. The van der Waals surface area contributed by atoms with Crippen molar-refractivity contribution in [2.24, 2.45) is 5.92 Å². The Morgan fingerprint density at radius 1 is 1.23 bits per heavy atom. The summed E-state index contributed by atoms with van der Waals surface area (Å²) in [5.74, 6) is 2.12. The quantitative estimate of drug-likeness (QED) is 0.237. The molecule has 4 rings (SSSR count). The van der Waals surface area contributed by atoms with Crippen molar-refractivity contribution in [3.8, 4) is 12.3 Å². The van der Waals surface area contributed by atoms with Gasteiger partial charge in [-0.25, -0.2) is 4.31 Å². The number of amides is 1. The number of aromatic amines is 1. The lowest BCUT2D eigenvalue weighted by Gasteiger charge is -2.33. The summed E-state index contributed by atoms with van der Waals surface area (Å²) in [6.45, 7) is 5.52. The summed E-state index contributed by atoms with van der Waals surface area (Å²) in [6, 6.07) is 9.84. The molecule has 35 heavy (non-hydrogen) atoms. The number of nitrogens with zero attached hydrogens (tertiary/aromatic N) is 3. The number of nitrogens with one attached hydrogen (secondary N) is 2. The van der Waals surface area contributed by atoms with Crippen LogP contribution in [0.5, 0.6) is 0 Å². The highest BCUT2D eigenvalue weighted by atomic mass is 32.2. The van der Waals surface area contributed by atoms with E-state index in [1.54, 1.807) is 11.9 Å². The van der Waals surface area contributed by atoms with Crippen molar-refractivity contribution in [2.45, 2.75) is 37.8 Å². The number of terminal acetylenes is 1. The summed E-state index contributed by atoms with van der Waals surface area (Å²) in [4.78, 5) is 31.1. The van der Waals surface area contributed by atoms with Gasteiger partial charge in [-0.1, -0.05) is 24.3 Å². The molecule has 2 aliphatic rings. The molecule has 0 saturated carbocycles. The summed E-state index contributed by atoms with van der Waals surface area (Å²) in [5, 5.41) is 18.7. The van der Waals surface area contributed by atoms with Gasteiger partial charge in [0.05, 0.1) is 17.5 Å². The number of aliphatic carboxylic acids is 1. The van der Waals surface area contributed by atoms with Crippen molar-refractivity contribution < 1.29 is 14.7 Å². The smallest absolute Gasteiger partial charge is 0.306 e. The van der Waals surface area contributed by atoms with Crippen LogP contribution < -0.4 is 0 Å². The van der Waals surface area contributed by atoms with Crippen LogP contribution in [0.4, 0.5) is 0 Å². The van der Waals surface area contributed by atoms with E-state index in [1.807, 2.05) is 41.0 Å². The van der Waals surface area contributed by atoms with E-state index in [1.165, 1.54) is 0 Å². The van der Waals surface area contributed by atoms with Gasteiger partial charge in [-0.2, -0.15) is 0 Å². The van der Waals surface area contributed by atoms with Crippen molar-refractivity contribution in [2.75, 3.05) is 32.7 Å². The maximum atomic E-state index is 12.8. The van der Waals surface area contributed by atoms with E-state index in [2.05, 4.69) is 21.3 Å². The molecule has 0 bridgehead atoms. The molecule has 2 saturated heterocycles. The number of carbonyl (C=O) groups excluding carboxylic acids is 1. The van der Waals surface area contributed by atoms with Gasteiger partial charge in [0.25, 0.3) is 0 Å². The third kappa shape index (κ3) is 6.08. The number of carboxylic acids is 1. The number of carbonyl (C=O) groups is 2. The molecule has 0 spiro atoms. The minimum absolute atomic E-state index is 0.0917. The van der Waals surface area contributed by atoms with Crippen LogP contribution in [0.25, 0.3) is 0 Å². The van der Waals surface area contributed by atoms with E-state index in [9.17, 15) is 9.59 Å². The van der Waals surface area contributed by atoms with Crippen LogP contribution in [0, 0.1) is 30.6 Å². The number of aryl methyl sites for hydroxylation is 1. The van der Waals surface area contributed by atoms with Crippen LogP contribution in [0.2, 0.25) is 0 Å². The van der Waals surface area contributed by atoms with E-state index in [4.69, 9.17) is 16.9 Å². The largest absolute Gasteiger partial charge is 0.481 e. The molecule has 8 nitrogen and oxygen atoms in total. The second kappa shape index (κ2) is 11.0. The van der Waals surface area contributed by atoms with Crippen LogP contribution >= 0.6 is 11.9 Å². The molecular weight excluding hydrogens is 462 g/mol. The first-order valence-electron chi connectivity index (χ1n) is 11.8. The Morgan fingerprint density at radius 2 is 1.94 bits per heavy atom. The van der Waals surface area contributed by atoms with Crippen molar-refractivity contribution in [1.82, 2.24) is 19.1 Å². The molecule has 0 radical (unpaired) electrons. The van der Waals surface area contributed by atoms with Crippen LogP contribution in [0.15, 0.2) is 35.4 Å². The Hall–Kier alpha value is -3.22. The molecule has 1 amide bonds. The molecule has 184 valence electrons. The summed E-state index contributed by atoms with van der Waals surface area (Å²) >= 11 is 1.56. The van der Waals surface area contributed by atoms with Gasteiger partial charge in [0, 0.05) is 50.4 Å². The molecule has 0 atom stereocenters. The molecule has 0 aliphatic carbocycles. The first kappa shape index (κ1) is 24.9. The number of rotatable bonds is 7. The molecule has 3 heterocycles. The first-order valence-corrected chi connectivity index (χ1v) is 12.6. The number of piperazine rings is 1. The second-order valence-electron chi connectivity index (χ2n) is 9.09. The Balaban J connectivity index is 1.27. The molecular formula is C26H31N5O3S. The van der Waals surface area contributed by atoms with Gasteiger partial charge in [-0.15, -0.1) is 12.3 Å². The van der Waals surface area contributed by atoms with E-state index in [-0.39, 0.29) is 11.8 Å². The lowest BCUT2D eigenvalue weighted by Crippen LogP contribution is -2.47. The van der Waals surface area contributed by atoms with Crippen LogP contribution in [-0.4, -0.2) is 74.6 Å². The maximum Gasteiger partial charge on any atom is 0.306 e. The third-order valence-corrected chi connectivity index (χ3v) is 7.64. The van der Waals surface area contributed by atoms with Crippen molar-refractivity contribution >= 4 is 29.7 Å². The predicted octanol–water partition coefficient (Wildman–Crippen LogP) is 2.97. The van der Waals surface area contributed by atoms with Gasteiger partial charge in [-0.3, -0.25) is 15.0 Å². The maximum absolute atomic E-state index is 12.8. The zero-order valence-corrected chi connectivity index (χ0v) is 20.7. The highest BCUT2D eigenvalue weighted by Crippen LogP contribution is 2.26. The lowest BCUT2D eigenvalue weighted by molar-refractivity contribution is -0.143. The number of benzene rings is 1. The average Bonchev–Trinajstić information content (AvgIpc) is 3.19. The normalized spacial score (nSPS) is 17.4. The van der Waals surface area contributed by atoms with Crippen molar-refractivity contribution in [3.05, 3.63) is 52.7 Å². The molecule has 0 unspecified atom stereocenters. The van der Waals surface area contributed by atoms with E-state index < -0.39 is 5.97 Å². The zero-order chi connectivity index (χ0) is 24.9. The Bertz CT molecular complexity index is 1130. The molecule has 2 aliphatic heterocycles. The van der Waals surface area contributed by atoms with Gasteiger partial charge >= 0.3 is 5.97 Å². The summed E-state index contributed by atoms with van der Waals surface area (Å²) < 4.78 is 2.07. The van der Waals surface area contributed by atoms with Crippen LogP contribution in [0.3, 0.4) is 0 Å². The molecule has 3 N–H and O–H groups in total. The number of likely N-dealkylation sites (tertiary alicyclic amines) is 1. The molecule has 2 aromatic rings. The minimum atomic E-state index is -0.747. The molecule has 2 fully saturated rings. The highest BCUT2D eigenvalue weighted by molar-refractivity contribution is 7.97. The first-order chi connectivity index (χ1) is 16.8. The fraction of sp³-hybridized carbons (Fsp3) is 0.423. The van der Waals surface area contributed by atoms with Gasteiger partial charge < -0.3 is 19.9 Å². The summed E-state index contributed by atoms with van der Waals surface area (Å²) in [6.07, 6.45) is 7.13. The Labute approximate surface area is 210 Å². The molecule has 1 aromatic carbocycles. The second-order valence-corrected chi connectivity index (χ2v) is 10.2. The third-order valence-electron chi connectivity index (χ3n) is 6.65. The van der Waals surface area contributed by atoms with Crippen molar-refractivity contribution in [1.29, 1.82) is 5.41 Å². The molecule has 9 heteroatoms. The van der Waals surface area contributed by atoms with Crippen LogP contribution in [0.1, 0.15) is 35.2 Å². The number of amidine groups is 1. The Morgan fingerprint density at radius 3 is 2.57 bits per heavy atom. The van der Waals surface area contributed by atoms with Gasteiger partial charge in [-0.05, 0) is 48.9 Å². The fourth-order valence-electron chi connectivity index (χ4n) is 4.49. The Kier molecular flexibility index (Phi) is 7.83. The minimum Gasteiger partial charge on any atom is -0.481 e. The number of piperidine rings is 1. The monoisotopic (exact) mass is 493 g/mol. The topological polar surface area (TPSA) is 104 Å². The number of aromatic nitrogens is 1. The lowest BCUT2D eigenvalue weighted by atomic mass is 9.96. The number of H-pyrrole nitrogens is 1. The predicted molar refractivity (Wildman–Crippen MR) is 136 cm³/mol. The van der Waals surface area contributed by atoms with Gasteiger partial charge in [0.2, 0.25) is 5.91 Å². The summed E-state index contributed by atoms with van der Waals surface area (Å²) in [7, 11) is 0. The zero-order valence-electron chi connectivity index (χ0n) is 19.9.